The third-order valence-corrected chi connectivity index (χ3v) is 3.23. The highest BCUT2D eigenvalue weighted by Crippen LogP contribution is 2.19. The van der Waals surface area contributed by atoms with E-state index in [2.05, 4.69) is 20.7 Å². The Morgan fingerprint density at radius 2 is 2.00 bits per heavy atom. The molecule has 0 unspecified atom stereocenters. The molecule has 0 aliphatic heterocycles. The zero-order chi connectivity index (χ0) is 18.1. The first-order valence-corrected chi connectivity index (χ1v) is 7.66. The maximum Gasteiger partial charge on any atom is 0.328 e. The number of ether oxygens (including phenoxy) is 1. The molecular weight excluding hydrogens is 310 g/mol. The van der Waals surface area contributed by atoms with Crippen molar-refractivity contribution in [3.8, 4) is 0 Å². The van der Waals surface area contributed by atoms with Gasteiger partial charge in [-0.15, -0.1) is 0 Å². The van der Waals surface area contributed by atoms with Crippen LogP contribution in [0.3, 0.4) is 0 Å². The quantitative estimate of drug-likeness (QED) is 0.839. The summed E-state index contributed by atoms with van der Waals surface area (Å²) in [6.07, 6.45) is 1.54. The van der Waals surface area contributed by atoms with Crippen molar-refractivity contribution in [1.29, 1.82) is 0 Å². The van der Waals surface area contributed by atoms with Gasteiger partial charge in [0, 0.05) is 12.4 Å². The van der Waals surface area contributed by atoms with Crippen LogP contribution < -0.4 is 10.6 Å². The molecule has 0 radical (unpaired) electrons. The van der Waals surface area contributed by atoms with Crippen molar-refractivity contribution >= 4 is 28.7 Å². The summed E-state index contributed by atoms with van der Waals surface area (Å²) in [5, 5.41) is 10.3. The topological polar surface area (TPSA) is 98.1 Å². The van der Waals surface area contributed by atoms with Gasteiger partial charge in [0.1, 0.15) is 11.6 Å². The summed E-state index contributed by atoms with van der Waals surface area (Å²) in [6.45, 7) is 8.76. The molecule has 0 saturated heterocycles. The monoisotopic (exact) mass is 333 g/mol. The molecule has 0 bridgehead atoms. The Labute approximate surface area is 140 Å². The van der Waals surface area contributed by atoms with Crippen molar-refractivity contribution in [3.05, 3.63) is 18.0 Å². The lowest BCUT2D eigenvalue weighted by molar-refractivity contribution is -0.156. The number of anilines is 1. The van der Waals surface area contributed by atoms with Crippen molar-refractivity contribution in [2.75, 3.05) is 5.32 Å². The molecule has 8 heteroatoms. The number of esters is 1. The fourth-order valence-electron chi connectivity index (χ4n) is 2.19. The molecular formula is C16H23N5O3. The Hall–Kier alpha value is -2.64. The average Bonchev–Trinajstić information content (AvgIpc) is 2.71. The standard InChI is InChI=1S/C16H23N5O3/c1-9-12-7-11(8-17-13(12)21(6)20-9)19-15(23)18-10(2)14(22)24-16(3,4)5/h7-8,10H,1-6H3,(H2,18,19,23)/t10-/m0/s1. The molecule has 0 saturated carbocycles. The summed E-state index contributed by atoms with van der Waals surface area (Å²) >= 11 is 0. The van der Waals surface area contributed by atoms with Gasteiger partial charge in [-0.1, -0.05) is 0 Å². The fourth-order valence-corrected chi connectivity index (χ4v) is 2.19. The summed E-state index contributed by atoms with van der Waals surface area (Å²) in [5.41, 5.74) is 1.48. The predicted molar refractivity (Wildman–Crippen MR) is 90.7 cm³/mol. The van der Waals surface area contributed by atoms with Crippen LogP contribution in [-0.2, 0) is 16.6 Å². The van der Waals surface area contributed by atoms with Crippen molar-refractivity contribution < 1.29 is 14.3 Å². The smallest absolute Gasteiger partial charge is 0.328 e. The van der Waals surface area contributed by atoms with Crippen LogP contribution in [0.25, 0.3) is 11.0 Å². The molecule has 0 spiro atoms. The van der Waals surface area contributed by atoms with Gasteiger partial charge in [-0.3, -0.25) is 4.68 Å². The molecule has 2 aromatic heterocycles. The van der Waals surface area contributed by atoms with Crippen LogP contribution in [0, 0.1) is 6.92 Å². The van der Waals surface area contributed by atoms with Crippen LogP contribution in [0.4, 0.5) is 10.5 Å². The van der Waals surface area contributed by atoms with E-state index in [9.17, 15) is 9.59 Å². The number of fused-ring (bicyclic) bond motifs is 1. The maximum absolute atomic E-state index is 12.0. The number of nitrogens with zero attached hydrogens (tertiary/aromatic N) is 3. The molecule has 2 rings (SSSR count). The molecule has 130 valence electrons. The average molecular weight is 333 g/mol. The van der Waals surface area contributed by atoms with Gasteiger partial charge in [0.05, 0.1) is 17.6 Å². The second kappa shape index (κ2) is 6.46. The van der Waals surface area contributed by atoms with E-state index < -0.39 is 23.6 Å². The lowest BCUT2D eigenvalue weighted by Gasteiger charge is -2.22. The molecule has 2 aromatic rings. The molecule has 24 heavy (non-hydrogen) atoms. The van der Waals surface area contributed by atoms with Crippen molar-refractivity contribution in [2.24, 2.45) is 7.05 Å². The molecule has 2 heterocycles. The number of nitrogens with one attached hydrogen (secondary N) is 2. The predicted octanol–water partition coefficient (Wildman–Crippen LogP) is 2.13. The number of aromatic nitrogens is 3. The SMILES string of the molecule is Cc1nn(C)c2ncc(NC(=O)N[C@@H](C)C(=O)OC(C)(C)C)cc12. The minimum absolute atomic E-state index is 0.491. The van der Waals surface area contributed by atoms with E-state index in [1.165, 1.54) is 0 Å². The third-order valence-electron chi connectivity index (χ3n) is 3.23. The summed E-state index contributed by atoms with van der Waals surface area (Å²) in [4.78, 5) is 28.2. The maximum atomic E-state index is 12.0. The van der Waals surface area contributed by atoms with Gasteiger partial charge in [-0.25, -0.2) is 14.6 Å². The molecule has 2 amide bonds. The highest BCUT2D eigenvalue weighted by Gasteiger charge is 2.23. The number of pyridine rings is 1. The van der Waals surface area contributed by atoms with Crippen LogP contribution in [0.15, 0.2) is 12.3 Å². The number of rotatable bonds is 3. The van der Waals surface area contributed by atoms with Crippen molar-refractivity contribution in [1.82, 2.24) is 20.1 Å². The lowest BCUT2D eigenvalue weighted by Crippen LogP contribution is -2.43. The van der Waals surface area contributed by atoms with Crippen LogP contribution >= 0.6 is 0 Å². The normalized spacial score (nSPS) is 12.8. The van der Waals surface area contributed by atoms with E-state index in [0.29, 0.717) is 5.69 Å². The molecule has 0 aliphatic carbocycles. The Morgan fingerprint density at radius 1 is 1.33 bits per heavy atom. The van der Waals surface area contributed by atoms with Gasteiger partial charge in [0.25, 0.3) is 0 Å². The summed E-state index contributed by atoms with van der Waals surface area (Å²) in [7, 11) is 1.81. The van der Waals surface area contributed by atoms with Crippen LogP contribution in [0.5, 0.6) is 0 Å². The number of amides is 2. The molecule has 0 aliphatic rings. The van der Waals surface area contributed by atoms with Gasteiger partial charge in [-0.05, 0) is 40.7 Å². The van der Waals surface area contributed by atoms with E-state index in [0.717, 1.165) is 16.7 Å². The summed E-state index contributed by atoms with van der Waals surface area (Å²) < 4.78 is 6.90. The zero-order valence-electron chi connectivity index (χ0n) is 14.8. The van der Waals surface area contributed by atoms with Crippen LogP contribution in [0.1, 0.15) is 33.4 Å². The molecule has 8 nitrogen and oxygen atoms in total. The van der Waals surface area contributed by atoms with Crippen LogP contribution in [-0.4, -0.2) is 38.4 Å². The Bertz CT molecular complexity index is 776. The van der Waals surface area contributed by atoms with Crippen molar-refractivity contribution in [3.63, 3.8) is 0 Å². The zero-order valence-corrected chi connectivity index (χ0v) is 14.8. The minimum atomic E-state index is -0.763. The highest BCUT2D eigenvalue weighted by molar-refractivity contribution is 5.94. The number of hydrogen-bond donors (Lipinski definition) is 2. The van der Waals surface area contributed by atoms with E-state index in [-0.39, 0.29) is 0 Å². The van der Waals surface area contributed by atoms with Gasteiger partial charge < -0.3 is 15.4 Å². The molecule has 2 N–H and O–H groups in total. The second-order valence-corrected chi connectivity index (χ2v) is 6.66. The Balaban J connectivity index is 2.02. The second-order valence-electron chi connectivity index (χ2n) is 6.66. The fraction of sp³-hybridized carbons (Fsp3) is 0.500. The lowest BCUT2D eigenvalue weighted by atomic mass is 10.2. The first kappa shape index (κ1) is 17.7. The number of aryl methyl sites for hydroxylation is 2. The van der Waals surface area contributed by atoms with Crippen molar-refractivity contribution in [2.45, 2.75) is 46.3 Å². The van der Waals surface area contributed by atoms with E-state index in [4.69, 9.17) is 4.74 Å². The first-order valence-electron chi connectivity index (χ1n) is 7.66. The van der Waals surface area contributed by atoms with Gasteiger partial charge >= 0.3 is 12.0 Å². The van der Waals surface area contributed by atoms with Gasteiger partial charge in [-0.2, -0.15) is 5.10 Å². The molecule has 1 atom stereocenters. The Kier molecular flexibility index (Phi) is 4.77. The number of hydrogen-bond acceptors (Lipinski definition) is 5. The van der Waals surface area contributed by atoms with E-state index in [1.54, 1.807) is 44.6 Å². The third kappa shape index (κ3) is 4.21. The summed E-state index contributed by atoms with van der Waals surface area (Å²) in [5.74, 6) is -0.491. The Morgan fingerprint density at radius 3 is 2.62 bits per heavy atom. The van der Waals surface area contributed by atoms with Gasteiger partial charge in [0.2, 0.25) is 0 Å². The number of urea groups is 1. The first-order chi connectivity index (χ1) is 11.1. The van der Waals surface area contributed by atoms with E-state index >= 15 is 0 Å². The molecule has 0 aromatic carbocycles. The minimum Gasteiger partial charge on any atom is -0.458 e. The largest absolute Gasteiger partial charge is 0.458 e. The molecule has 0 fully saturated rings. The van der Waals surface area contributed by atoms with Gasteiger partial charge in [0.15, 0.2) is 5.65 Å². The van der Waals surface area contributed by atoms with E-state index in [1.807, 2.05) is 14.0 Å². The highest BCUT2D eigenvalue weighted by atomic mass is 16.6. The number of carbonyl (C=O) groups is 2. The summed E-state index contributed by atoms with van der Waals surface area (Å²) in [6, 6.07) is 0.527. The van der Waals surface area contributed by atoms with Crippen LogP contribution in [0.2, 0.25) is 0 Å². The number of carbonyl (C=O) groups excluding carboxylic acids is 2.